The van der Waals surface area contributed by atoms with Gasteiger partial charge in [0, 0.05) is 29.8 Å². The largest absolute Gasteiger partial charge is 0.325 e. The van der Waals surface area contributed by atoms with Crippen molar-refractivity contribution in [3.05, 3.63) is 84.3 Å². The highest BCUT2D eigenvalue weighted by Gasteiger charge is 2.19. The number of benzene rings is 2. The van der Waals surface area contributed by atoms with E-state index >= 15 is 0 Å². The summed E-state index contributed by atoms with van der Waals surface area (Å²) in [6.07, 6.45) is 6.33. The van der Waals surface area contributed by atoms with Crippen LogP contribution in [0.3, 0.4) is 0 Å². The average Bonchev–Trinajstić information content (AvgIpc) is 3.15. The molecule has 28 heavy (non-hydrogen) atoms. The summed E-state index contributed by atoms with van der Waals surface area (Å²) in [5.74, 6) is 0.480. The predicted octanol–water partition coefficient (Wildman–Crippen LogP) is 4.84. The molecule has 2 aromatic carbocycles. The van der Waals surface area contributed by atoms with Crippen LogP contribution in [0.15, 0.2) is 73.2 Å². The Morgan fingerprint density at radius 2 is 1.96 bits per heavy atom. The molecule has 0 spiro atoms. The molecule has 1 N–H and O–H groups in total. The van der Waals surface area contributed by atoms with E-state index in [0.717, 1.165) is 34.5 Å². The Balaban J connectivity index is 1.63. The second-order valence-electron chi connectivity index (χ2n) is 6.84. The lowest BCUT2D eigenvalue weighted by molar-refractivity contribution is -0.117. The molecule has 2 aromatic heterocycles. The molecule has 1 amide bonds. The highest BCUT2D eigenvalue weighted by molar-refractivity contribution is 5.97. The van der Waals surface area contributed by atoms with Crippen molar-refractivity contribution in [2.24, 2.45) is 0 Å². The highest BCUT2D eigenvalue weighted by atomic mass is 16.1. The van der Waals surface area contributed by atoms with Crippen molar-refractivity contribution in [2.75, 3.05) is 5.32 Å². The van der Waals surface area contributed by atoms with Crippen molar-refractivity contribution in [3.63, 3.8) is 0 Å². The van der Waals surface area contributed by atoms with Crippen LogP contribution in [-0.2, 0) is 4.79 Å². The molecule has 140 valence electrons. The molecule has 5 heteroatoms. The monoisotopic (exact) mass is 370 g/mol. The van der Waals surface area contributed by atoms with Crippen LogP contribution in [0.25, 0.3) is 17.0 Å². The second-order valence-corrected chi connectivity index (χ2v) is 6.84. The lowest BCUT2D eigenvalue weighted by Gasteiger charge is -2.17. The summed E-state index contributed by atoms with van der Waals surface area (Å²) in [6.45, 7) is 4.03. The molecule has 0 bridgehead atoms. The highest BCUT2D eigenvalue weighted by Crippen LogP contribution is 2.27. The number of hydrogen-bond acceptors (Lipinski definition) is 3. The molecule has 0 aliphatic heterocycles. The standard InChI is InChI=1S/C23H22N4O/c1-3-19(17-8-5-4-6-9-17)22(28)25-20-14-18(11-10-16(20)2)21-15-27-13-7-12-24-23(27)26-21/h4-15,19H,3H2,1-2H3,(H,25,28)/t19-/m0/s1. The van der Waals surface area contributed by atoms with Crippen LogP contribution >= 0.6 is 0 Å². The first kappa shape index (κ1) is 17.9. The molecule has 1 atom stereocenters. The third-order valence-electron chi connectivity index (χ3n) is 4.95. The number of nitrogens with zero attached hydrogens (tertiary/aromatic N) is 3. The zero-order valence-corrected chi connectivity index (χ0v) is 16.0. The Labute approximate surface area is 164 Å². The van der Waals surface area contributed by atoms with E-state index in [1.807, 2.05) is 85.2 Å². The Hall–Kier alpha value is -3.47. The quantitative estimate of drug-likeness (QED) is 0.547. The fraction of sp³-hybridized carbons (Fsp3) is 0.174. The van der Waals surface area contributed by atoms with Crippen LogP contribution in [-0.4, -0.2) is 20.3 Å². The minimum atomic E-state index is -0.177. The van der Waals surface area contributed by atoms with E-state index in [9.17, 15) is 4.79 Å². The minimum absolute atomic E-state index is 0.00520. The number of hydrogen-bond donors (Lipinski definition) is 1. The number of amides is 1. The van der Waals surface area contributed by atoms with Crippen LogP contribution in [0.5, 0.6) is 0 Å². The summed E-state index contributed by atoms with van der Waals surface area (Å²) in [5, 5.41) is 3.11. The fourth-order valence-corrected chi connectivity index (χ4v) is 3.36. The zero-order chi connectivity index (χ0) is 19.5. The van der Waals surface area contributed by atoms with Crippen molar-refractivity contribution in [2.45, 2.75) is 26.2 Å². The molecule has 0 radical (unpaired) electrons. The van der Waals surface area contributed by atoms with Crippen molar-refractivity contribution in [3.8, 4) is 11.3 Å². The number of nitrogens with one attached hydrogen (secondary N) is 1. The van der Waals surface area contributed by atoms with Gasteiger partial charge in [-0.05, 0) is 36.6 Å². The molecule has 4 rings (SSSR count). The number of imidazole rings is 1. The maximum Gasteiger partial charge on any atom is 0.234 e. The van der Waals surface area contributed by atoms with Gasteiger partial charge < -0.3 is 5.32 Å². The molecular formula is C23H22N4O. The summed E-state index contributed by atoms with van der Waals surface area (Å²) < 4.78 is 1.88. The Bertz CT molecular complexity index is 1080. The summed E-state index contributed by atoms with van der Waals surface area (Å²) in [6, 6.07) is 17.8. The van der Waals surface area contributed by atoms with Crippen LogP contribution in [0.4, 0.5) is 5.69 Å². The molecule has 2 heterocycles. The Kier molecular flexibility index (Phi) is 4.89. The number of fused-ring (bicyclic) bond motifs is 1. The lowest BCUT2D eigenvalue weighted by atomic mass is 9.95. The van der Waals surface area contributed by atoms with Crippen molar-refractivity contribution >= 4 is 17.4 Å². The van der Waals surface area contributed by atoms with Crippen LogP contribution < -0.4 is 5.32 Å². The van der Waals surface area contributed by atoms with E-state index in [1.165, 1.54) is 0 Å². The normalized spacial score (nSPS) is 12.1. The molecule has 0 aliphatic rings. The first-order valence-electron chi connectivity index (χ1n) is 9.42. The minimum Gasteiger partial charge on any atom is -0.325 e. The summed E-state index contributed by atoms with van der Waals surface area (Å²) in [4.78, 5) is 21.8. The van der Waals surface area contributed by atoms with Gasteiger partial charge in [-0.15, -0.1) is 0 Å². The van der Waals surface area contributed by atoms with Gasteiger partial charge >= 0.3 is 0 Å². The van der Waals surface area contributed by atoms with Gasteiger partial charge in [0.05, 0.1) is 11.6 Å². The maximum absolute atomic E-state index is 12.9. The lowest BCUT2D eigenvalue weighted by Crippen LogP contribution is -2.21. The topological polar surface area (TPSA) is 59.3 Å². The molecule has 0 saturated carbocycles. The van der Waals surface area contributed by atoms with Crippen LogP contribution in [0.1, 0.15) is 30.4 Å². The van der Waals surface area contributed by atoms with Gasteiger partial charge in [-0.2, -0.15) is 0 Å². The average molecular weight is 370 g/mol. The van der Waals surface area contributed by atoms with Crippen LogP contribution in [0, 0.1) is 6.92 Å². The van der Waals surface area contributed by atoms with Gasteiger partial charge in [-0.1, -0.05) is 49.4 Å². The summed E-state index contributed by atoms with van der Waals surface area (Å²) in [7, 11) is 0. The Morgan fingerprint density at radius 1 is 1.14 bits per heavy atom. The van der Waals surface area contributed by atoms with Crippen molar-refractivity contribution in [1.82, 2.24) is 14.4 Å². The van der Waals surface area contributed by atoms with Gasteiger partial charge in [0.25, 0.3) is 0 Å². The smallest absolute Gasteiger partial charge is 0.234 e. The van der Waals surface area contributed by atoms with Gasteiger partial charge in [0.2, 0.25) is 11.7 Å². The molecule has 5 nitrogen and oxygen atoms in total. The van der Waals surface area contributed by atoms with Gasteiger partial charge in [-0.25, -0.2) is 9.97 Å². The number of aryl methyl sites for hydroxylation is 1. The third-order valence-corrected chi connectivity index (χ3v) is 4.95. The molecular weight excluding hydrogens is 348 g/mol. The van der Waals surface area contributed by atoms with Gasteiger partial charge in [-0.3, -0.25) is 9.20 Å². The van der Waals surface area contributed by atoms with Crippen molar-refractivity contribution < 1.29 is 4.79 Å². The number of carbonyl (C=O) groups is 1. The number of rotatable bonds is 5. The Morgan fingerprint density at radius 3 is 2.71 bits per heavy atom. The summed E-state index contributed by atoms with van der Waals surface area (Å²) in [5.41, 5.74) is 4.62. The number of aromatic nitrogens is 3. The second kappa shape index (κ2) is 7.64. The van der Waals surface area contributed by atoms with E-state index < -0.39 is 0 Å². The summed E-state index contributed by atoms with van der Waals surface area (Å²) >= 11 is 0. The van der Waals surface area contributed by atoms with E-state index in [2.05, 4.69) is 15.3 Å². The van der Waals surface area contributed by atoms with Gasteiger partial charge in [0.15, 0.2) is 0 Å². The van der Waals surface area contributed by atoms with Gasteiger partial charge in [0.1, 0.15) is 0 Å². The predicted molar refractivity (Wildman–Crippen MR) is 111 cm³/mol. The molecule has 0 aliphatic carbocycles. The van der Waals surface area contributed by atoms with E-state index in [-0.39, 0.29) is 11.8 Å². The number of anilines is 1. The van der Waals surface area contributed by atoms with E-state index in [1.54, 1.807) is 6.20 Å². The van der Waals surface area contributed by atoms with E-state index in [0.29, 0.717) is 5.78 Å². The SMILES string of the molecule is CC[C@H](C(=O)Nc1cc(-c2cn3cccnc3n2)ccc1C)c1ccccc1. The van der Waals surface area contributed by atoms with Crippen LogP contribution in [0.2, 0.25) is 0 Å². The van der Waals surface area contributed by atoms with E-state index in [4.69, 9.17) is 0 Å². The maximum atomic E-state index is 12.9. The molecule has 0 unspecified atom stereocenters. The zero-order valence-electron chi connectivity index (χ0n) is 16.0. The first-order valence-corrected chi connectivity index (χ1v) is 9.42. The third kappa shape index (κ3) is 3.51. The van der Waals surface area contributed by atoms with Crippen molar-refractivity contribution in [1.29, 1.82) is 0 Å². The fourth-order valence-electron chi connectivity index (χ4n) is 3.36. The molecule has 0 saturated heterocycles. The molecule has 0 fully saturated rings. The number of carbonyl (C=O) groups excluding carboxylic acids is 1. The molecule has 4 aromatic rings. The first-order chi connectivity index (χ1) is 13.7.